The maximum atomic E-state index is 14.0. The average Bonchev–Trinajstić information content (AvgIpc) is 2.67. The minimum atomic E-state index is -4.99. The van der Waals surface area contributed by atoms with Crippen molar-refractivity contribution >= 4 is 16.1 Å². The Morgan fingerprint density at radius 2 is 1.73 bits per heavy atom. The van der Waals surface area contributed by atoms with Gasteiger partial charge in [-0.3, -0.25) is 0 Å². The molecule has 1 saturated heterocycles. The molecule has 0 aliphatic carbocycles. The van der Waals surface area contributed by atoms with Gasteiger partial charge in [-0.15, -0.1) is 0 Å². The van der Waals surface area contributed by atoms with Gasteiger partial charge in [0, 0.05) is 24.7 Å². The molecule has 2 aromatic carbocycles. The molecule has 0 bridgehead atoms. The molecule has 2 N–H and O–H groups in total. The van der Waals surface area contributed by atoms with Crippen molar-refractivity contribution in [3.63, 3.8) is 0 Å². The fraction of sp³-hybridized carbons (Fsp3) is 0.316. The van der Waals surface area contributed by atoms with Gasteiger partial charge < -0.3 is 10.0 Å². The highest BCUT2D eigenvalue weighted by Crippen LogP contribution is 2.37. The van der Waals surface area contributed by atoms with E-state index in [1.165, 1.54) is 18.2 Å². The third kappa shape index (κ3) is 4.73. The fourth-order valence-electron chi connectivity index (χ4n) is 3.32. The first-order valence-electron chi connectivity index (χ1n) is 8.95. The van der Waals surface area contributed by atoms with E-state index in [-0.39, 0.29) is 37.1 Å². The smallest absolute Gasteiger partial charge is 0.417 e. The summed E-state index contributed by atoms with van der Waals surface area (Å²) < 4.78 is 82.5. The number of alkyl halides is 3. The number of hydrogen-bond donors (Lipinski definition) is 2. The lowest BCUT2D eigenvalue weighted by Crippen LogP contribution is -2.46. The van der Waals surface area contributed by atoms with Crippen LogP contribution in [0.2, 0.25) is 0 Å². The van der Waals surface area contributed by atoms with E-state index in [1.807, 2.05) is 0 Å². The second kappa shape index (κ2) is 8.23. The van der Waals surface area contributed by atoms with Crippen LogP contribution in [0.1, 0.15) is 18.4 Å². The molecule has 1 amide bonds. The number of benzene rings is 2. The summed E-state index contributed by atoms with van der Waals surface area (Å²) in [6.45, 7) is 0.141. The summed E-state index contributed by atoms with van der Waals surface area (Å²) in [5.74, 6) is -0.732. The number of nitrogens with zero attached hydrogens (tertiary/aromatic N) is 1. The highest BCUT2D eigenvalue weighted by atomic mass is 32.2. The number of halogens is 4. The summed E-state index contributed by atoms with van der Waals surface area (Å²) in [5, 5.41) is 8.94. The van der Waals surface area contributed by atoms with E-state index < -0.39 is 44.6 Å². The van der Waals surface area contributed by atoms with Gasteiger partial charge in [-0.1, -0.05) is 24.3 Å². The minimum Gasteiger partial charge on any atom is -0.465 e. The van der Waals surface area contributed by atoms with Crippen LogP contribution in [0, 0.1) is 5.82 Å². The molecular formula is C19H18F4N2O4S. The Balaban J connectivity index is 1.92. The lowest BCUT2D eigenvalue weighted by atomic mass is 10.0. The van der Waals surface area contributed by atoms with E-state index in [2.05, 4.69) is 4.72 Å². The molecule has 0 unspecified atom stereocenters. The minimum absolute atomic E-state index is 0.0703. The van der Waals surface area contributed by atoms with Crippen molar-refractivity contribution in [3.05, 3.63) is 53.8 Å². The number of sulfonamides is 1. The van der Waals surface area contributed by atoms with Gasteiger partial charge in [0.25, 0.3) is 0 Å². The van der Waals surface area contributed by atoms with Crippen molar-refractivity contribution < 1.29 is 35.9 Å². The number of nitrogens with one attached hydrogen (secondary N) is 1. The zero-order chi connectivity index (χ0) is 22.1. The summed E-state index contributed by atoms with van der Waals surface area (Å²) in [6, 6.07) is 7.09. The molecule has 1 fully saturated rings. The molecule has 6 nitrogen and oxygen atoms in total. The number of carboxylic acid groups (broad SMARTS) is 1. The van der Waals surface area contributed by atoms with Gasteiger partial charge >= 0.3 is 12.3 Å². The molecule has 0 atom stereocenters. The van der Waals surface area contributed by atoms with Gasteiger partial charge in [0.2, 0.25) is 10.0 Å². The number of amides is 1. The second-order valence-corrected chi connectivity index (χ2v) is 8.54. The first-order valence-corrected chi connectivity index (χ1v) is 10.4. The number of piperidine rings is 1. The quantitative estimate of drug-likeness (QED) is 0.697. The lowest BCUT2D eigenvalue weighted by Gasteiger charge is -2.30. The van der Waals surface area contributed by atoms with E-state index in [0.717, 1.165) is 23.1 Å². The number of carbonyl (C=O) groups is 1. The van der Waals surface area contributed by atoms with Crippen LogP contribution in [0.3, 0.4) is 0 Å². The Morgan fingerprint density at radius 3 is 2.30 bits per heavy atom. The SMILES string of the molecule is O=C(O)N1CCC(NS(=O)(=O)c2ccc(-c3ccccc3F)cc2C(F)(F)F)CC1. The molecule has 0 saturated carbocycles. The van der Waals surface area contributed by atoms with E-state index in [0.29, 0.717) is 6.07 Å². The van der Waals surface area contributed by atoms with Gasteiger partial charge in [0.1, 0.15) is 5.82 Å². The van der Waals surface area contributed by atoms with Crippen LogP contribution in [0.4, 0.5) is 22.4 Å². The van der Waals surface area contributed by atoms with Crippen molar-refractivity contribution in [2.45, 2.75) is 30.0 Å². The Labute approximate surface area is 170 Å². The molecule has 2 aromatic rings. The Morgan fingerprint density at radius 1 is 1.10 bits per heavy atom. The summed E-state index contributed by atoms with van der Waals surface area (Å²) in [5.41, 5.74) is -1.59. The number of rotatable bonds is 4. The molecular weight excluding hydrogens is 428 g/mol. The van der Waals surface area contributed by atoms with E-state index in [4.69, 9.17) is 5.11 Å². The Hall–Kier alpha value is -2.66. The molecule has 1 heterocycles. The molecule has 1 aliphatic rings. The average molecular weight is 446 g/mol. The normalized spacial score (nSPS) is 15.9. The fourth-order valence-corrected chi connectivity index (χ4v) is 4.83. The van der Waals surface area contributed by atoms with E-state index in [1.54, 1.807) is 0 Å². The molecule has 11 heteroatoms. The first kappa shape index (κ1) is 22.0. The van der Waals surface area contributed by atoms with Crippen LogP contribution in [-0.4, -0.2) is 43.6 Å². The van der Waals surface area contributed by atoms with Crippen LogP contribution < -0.4 is 4.72 Å². The van der Waals surface area contributed by atoms with Gasteiger partial charge in [-0.05, 0) is 36.6 Å². The van der Waals surface area contributed by atoms with Crippen LogP contribution in [0.15, 0.2) is 47.4 Å². The summed E-state index contributed by atoms with van der Waals surface area (Å²) >= 11 is 0. The second-order valence-electron chi connectivity index (χ2n) is 6.85. The van der Waals surface area contributed by atoms with Crippen molar-refractivity contribution in [1.29, 1.82) is 0 Å². The van der Waals surface area contributed by atoms with Crippen LogP contribution in [0.5, 0.6) is 0 Å². The van der Waals surface area contributed by atoms with Gasteiger partial charge in [-0.25, -0.2) is 22.3 Å². The summed E-state index contributed by atoms with van der Waals surface area (Å²) in [4.78, 5) is 11.1. The maximum Gasteiger partial charge on any atom is 0.417 e. The number of likely N-dealkylation sites (tertiary alicyclic amines) is 1. The van der Waals surface area contributed by atoms with E-state index in [9.17, 15) is 30.8 Å². The highest BCUT2D eigenvalue weighted by molar-refractivity contribution is 7.89. The van der Waals surface area contributed by atoms with Crippen molar-refractivity contribution in [2.24, 2.45) is 0 Å². The predicted octanol–water partition coefficient (Wildman–Crippen LogP) is 3.93. The maximum absolute atomic E-state index is 14.0. The molecule has 1 aliphatic heterocycles. The molecule has 0 spiro atoms. The van der Waals surface area contributed by atoms with Crippen molar-refractivity contribution in [3.8, 4) is 11.1 Å². The van der Waals surface area contributed by atoms with Crippen LogP contribution in [0.25, 0.3) is 11.1 Å². The third-order valence-electron chi connectivity index (χ3n) is 4.85. The largest absolute Gasteiger partial charge is 0.465 e. The Bertz CT molecular complexity index is 1050. The molecule has 0 aromatic heterocycles. The first-order chi connectivity index (χ1) is 14.0. The van der Waals surface area contributed by atoms with Gasteiger partial charge in [0.05, 0.1) is 10.5 Å². The monoisotopic (exact) mass is 446 g/mol. The predicted molar refractivity (Wildman–Crippen MR) is 99.8 cm³/mol. The summed E-state index contributed by atoms with van der Waals surface area (Å²) in [6.07, 6.45) is -5.85. The van der Waals surface area contributed by atoms with Crippen molar-refractivity contribution in [2.75, 3.05) is 13.1 Å². The standard InChI is InChI=1S/C19H18F4N2O4S/c20-16-4-2-1-3-14(16)12-5-6-17(15(11-12)19(21,22)23)30(28,29)24-13-7-9-25(10-8-13)18(26)27/h1-6,11,13,24H,7-10H2,(H,26,27). The zero-order valence-corrected chi connectivity index (χ0v) is 16.3. The van der Waals surface area contributed by atoms with Gasteiger partial charge in [-0.2, -0.15) is 13.2 Å². The summed E-state index contributed by atoms with van der Waals surface area (Å²) in [7, 11) is -4.55. The van der Waals surface area contributed by atoms with Crippen LogP contribution in [-0.2, 0) is 16.2 Å². The highest BCUT2D eigenvalue weighted by Gasteiger charge is 2.38. The van der Waals surface area contributed by atoms with E-state index >= 15 is 0 Å². The van der Waals surface area contributed by atoms with Gasteiger partial charge in [0.15, 0.2) is 0 Å². The van der Waals surface area contributed by atoms with Crippen molar-refractivity contribution in [1.82, 2.24) is 9.62 Å². The lowest BCUT2D eigenvalue weighted by molar-refractivity contribution is -0.139. The molecule has 3 rings (SSSR count). The zero-order valence-electron chi connectivity index (χ0n) is 15.5. The molecule has 30 heavy (non-hydrogen) atoms. The number of hydrogen-bond acceptors (Lipinski definition) is 3. The molecule has 0 radical (unpaired) electrons. The Kier molecular flexibility index (Phi) is 6.04. The molecule has 162 valence electrons. The van der Waals surface area contributed by atoms with Crippen LogP contribution >= 0.6 is 0 Å². The third-order valence-corrected chi connectivity index (χ3v) is 6.43. The topological polar surface area (TPSA) is 86.7 Å².